The zero-order valence-corrected chi connectivity index (χ0v) is 14.2. The molecule has 2 saturated heterocycles. The third kappa shape index (κ3) is 3.41. The van der Waals surface area contributed by atoms with Crippen LogP contribution in [0, 0.1) is 11.3 Å². The Balaban J connectivity index is 1.45. The maximum Gasteiger partial charge on any atom is 0.222 e. The van der Waals surface area contributed by atoms with Crippen molar-refractivity contribution >= 4 is 5.91 Å². The number of pyridine rings is 1. The van der Waals surface area contributed by atoms with Gasteiger partial charge in [-0.05, 0) is 44.1 Å². The molecule has 0 spiro atoms. The van der Waals surface area contributed by atoms with Gasteiger partial charge in [-0.1, -0.05) is 6.07 Å². The van der Waals surface area contributed by atoms with Crippen molar-refractivity contribution in [3.05, 3.63) is 24.4 Å². The molecular formula is C19H26N2O3. The fourth-order valence-corrected chi connectivity index (χ4v) is 4.06. The molecule has 0 bridgehead atoms. The van der Waals surface area contributed by atoms with Crippen molar-refractivity contribution in [3.63, 3.8) is 0 Å². The highest BCUT2D eigenvalue weighted by atomic mass is 16.5. The van der Waals surface area contributed by atoms with E-state index >= 15 is 0 Å². The maximum absolute atomic E-state index is 12.6. The predicted octanol–water partition coefficient (Wildman–Crippen LogP) is 2.66. The number of amides is 1. The van der Waals surface area contributed by atoms with Gasteiger partial charge in [-0.3, -0.25) is 4.79 Å². The number of likely N-dealkylation sites (tertiary alicyclic amines) is 1. The first-order valence-corrected chi connectivity index (χ1v) is 9.18. The molecule has 1 aromatic heterocycles. The second-order valence-corrected chi connectivity index (χ2v) is 7.53. The Bertz CT molecular complexity index is 575. The SMILES string of the molecule is O=C(CC1CC1)N1CC[C@@H]2OCCC[C@]2(COc2ccccn2)C1. The molecule has 0 N–H and O–H groups in total. The summed E-state index contributed by atoms with van der Waals surface area (Å²) in [4.78, 5) is 18.9. The molecule has 24 heavy (non-hydrogen) atoms. The number of hydrogen-bond acceptors (Lipinski definition) is 4. The highest BCUT2D eigenvalue weighted by molar-refractivity contribution is 5.77. The van der Waals surface area contributed by atoms with Gasteiger partial charge in [0.25, 0.3) is 0 Å². The third-order valence-electron chi connectivity index (χ3n) is 5.65. The summed E-state index contributed by atoms with van der Waals surface area (Å²) in [5.41, 5.74) is -0.0900. The average Bonchev–Trinajstić information content (AvgIpc) is 3.44. The van der Waals surface area contributed by atoms with E-state index in [1.807, 2.05) is 18.2 Å². The lowest BCUT2D eigenvalue weighted by molar-refractivity contribution is -0.158. The summed E-state index contributed by atoms with van der Waals surface area (Å²) in [5, 5.41) is 0. The first-order chi connectivity index (χ1) is 11.8. The van der Waals surface area contributed by atoms with E-state index in [0.717, 1.165) is 45.4 Å². The Morgan fingerprint density at radius 3 is 3.08 bits per heavy atom. The number of rotatable bonds is 5. The van der Waals surface area contributed by atoms with Crippen LogP contribution in [0.1, 0.15) is 38.5 Å². The number of piperidine rings is 1. The van der Waals surface area contributed by atoms with Gasteiger partial charge >= 0.3 is 0 Å². The molecule has 0 aromatic carbocycles. The first kappa shape index (κ1) is 15.9. The van der Waals surface area contributed by atoms with Gasteiger partial charge in [-0.15, -0.1) is 0 Å². The van der Waals surface area contributed by atoms with Crippen molar-refractivity contribution in [2.45, 2.75) is 44.6 Å². The minimum Gasteiger partial charge on any atom is -0.477 e. The number of carbonyl (C=O) groups is 1. The molecule has 1 saturated carbocycles. The van der Waals surface area contributed by atoms with Crippen LogP contribution >= 0.6 is 0 Å². The minimum absolute atomic E-state index is 0.0900. The van der Waals surface area contributed by atoms with Crippen LogP contribution in [-0.2, 0) is 9.53 Å². The lowest BCUT2D eigenvalue weighted by Gasteiger charge is -2.50. The number of nitrogens with zero attached hydrogens (tertiary/aromatic N) is 2. The van der Waals surface area contributed by atoms with Crippen LogP contribution in [0.25, 0.3) is 0 Å². The largest absolute Gasteiger partial charge is 0.477 e. The quantitative estimate of drug-likeness (QED) is 0.833. The molecule has 1 amide bonds. The molecule has 3 heterocycles. The van der Waals surface area contributed by atoms with Crippen LogP contribution in [0.5, 0.6) is 5.88 Å². The highest BCUT2D eigenvalue weighted by Gasteiger charge is 2.48. The van der Waals surface area contributed by atoms with Gasteiger partial charge in [0, 0.05) is 43.8 Å². The number of carbonyl (C=O) groups excluding carboxylic acids is 1. The number of aromatic nitrogens is 1. The van der Waals surface area contributed by atoms with E-state index in [-0.39, 0.29) is 11.5 Å². The van der Waals surface area contributed by atoms with Crippen molar-refractivity contribution in [1.29, 1.82) is 0 Å². The van der Waals surface area contributed by atoms with Crippen LogP contribution in [0.15, 0.2) is 24.4 Å². The molecule has 5 nitrogen and oxygen atoms in total. The van der Waals surface area contributed by atoms with Crippen LogP contribution in [-0.4, -0.2) is 48.2 Å². The minimum atomic E-state index is -0.0900. The smallest absolute Gasteiger partial charge is 0.222 e. The van der Waals surface area contributed by atoms with Gasteiger partial charge in [-0.25, -0.2) is 4.98 Å². The molecule has 2 atom stereocenters. The Labute approximate surface area is 143 Å². The Morgan fingerprint density at radius 1 is 1.38 bits per heavy atom. The molecule has 0 unspecified atom stereocenters. The zero-order chi connectivity index (χ0) is 16.4. The van der Waals surface area contributed by atoms with E-state index in [1.54, 1.807) is 6.20 Å². The number of ether oxygens (including phenoxy) is 2. The Morgan fingerprint density at radius 2 is 2.29 bits per heavy atom. The van der Waals surface area contributed by atoms with E-state index in [2.05, 4.69) is 9.88 Å². The van der Waals surface area contributed by atoms with Gasteiger partial charge < -0.3 is 14.4 Å². The zero-order valence-electron chi connectivity index (χ0n) is 14.2. The second kappa shape index (κ2) is 6.71. The summed E-state index contributed by atoms with van der Waals surface area (Å²) in [6.07, 6.45) is 8.11. The summed E-state index contributed by atoms with van der Waals surface area (Å²) in [7, 11) is 0. The molecule has 0 radical (unpaired) electrons. The lowest BCUT2D eigenvalue weighted by atomic mass is 9.73. The number of hydrogen-bond donors (Lipinski definition) is 0. The summed E-state index contributed by atoms with van der Waals surface area (Å²) >= 11 is 0. The predicted molar refractivity (Wildman–Crippen MR) is 89.7 cm³/mol. The second-order valence-electron chi connectivity index (χ2n) is 7.53. The fraction of sp³-hybridized carbons (Fsp3) is 0.684. The van der Waals surface area contributed by atoms with E-state index in [4.69, 9.17) is 9.47 Å². The van der Waals surface area contributed by atoms with E-state index < -0.39 is 0 Å². The van der Waals surface area contributed by atoms with Gasteiger partial charge in [0.2, 0.25) is 11.8 Å². The average molecular weight is 330 g/mol. The Kier molecular flexibility index (Phi) is 4.44. The molecule has 5 heteroatoms. The van der Waals surface area contributed by atoms with Crippen molar-refractivity contribution in [3.8, 4) is 5.88 Å². The molecule has 1 aromatic rings. The molecule has 4 rings (SSSR count). The first-order valence-electron chi connectivity index (χ1n) is 9.18. The molecule has 130 valence electrons. The normalized spacial score (nSPS) is 29.8. The van der Waals surface area contributed by atoms with Crippen molar-refractivity contribution in [2.75, 3.05) is 26.3 Å². The summed E-state index contributed by atoms with van der Waals surface area (Å²) in [6.45, 7) is 2.98. The van der Waals surface area contributed by atoms with Crippen molar-refractivity contribution in [2.24, 2.45) is 11.3 Å². The molecule has 1 aliphatic carbocycles. The van der Waals surface area contributed by atoms with Crippen molar-refractivity contribution in [1.82, 2.24) is 9.88 Å². The van der Waals surface area contributed by atoms with E-state index in [9.17, 15) is 4.79 Å². The van der Waals surface area contributed by atoms with Crippen LogP contribution in [0.2, 0.25) is 0 Å². The van der Waals surface area contributed by atoms with E-state index in [0.29, 0.717) is 24.3 Å². The van der Waals surface area contributed by atoms with Gasteiger partial charge in [-0.2, -0.15) is 0 Å². The summed E-state index contributed by atoms with van der Waals surface area (Å²) < 4.78 is 12.1. The molecule has 3 fully saturated rings. The molecule has 2 aliphatic heterocycles. The molecule has 3 aliphatic rings. The van der Waals surface area contributed by atoms with Crippen LogP contribution in [0.3, 0.4) is 0 Å². The monoisotopic (exact) mass is 330 g/mol. The van der Waals surface area contributed by atoms with Gasteiger partial charge in [0.1, 0.15) is 0 Å². The number of fused-ring (bicyclic) bond motifs is 1. The topological polar surface area (TPSA) is 51.7 Å². The Hall–Kier alpha value is -1.62. The standard InChI is InChI=1S/C19H26N2O3/c22-18(12-15-5-6-15)21-10-7-16-19(13-21,8-3-11-23-16)14-24-17-4-1-2-9-20-17/h1-2,4,9,15-16H,3,5-8,10-14H2/t16-,19+/m0/s1. The van der Waals surface area contributed by atoms with Gasteiger partial charge in [0.15, 0.2) is 0 Å². The van der Waals surface area contributed by atoms with Gasteiger partial charge in [0.05, 0.1) is 12.7 Å². The fourth-order valence-electron chi connectivity index (χ4n) is 4.06. The van der Waals surface area contributed by atoms with Crippen LogP contribution < -0.4 is 4.74 Å². The maximum atomic E-state index is 12.6. The van der Waals surface area contributed by atoms with Crippen LogP contribution in [0.4, 0.5) is 0 Å². The van der Waals surface area contributed by atoms with E-state index in [1.165, 1.54) is 12.8 Å². The summed E-state index contributed by atoms with van der Waals surface area (Å²) in [5.74, 6) is 1.61. The lowest BCUT2D eigenvalue weighted by Crippen LogP contribution is -2.58. The summed E-state index contributed by atoms with van der Waals surface area (Å²) in [6, 6.07) is 5.70. The highest BCUT2D eigenvalue weighted by Crippen LogP contribution is 2.41. The molecular weight excluding hydrogens is 304 g/mol. The van der Waals surface area contributed by atoms with Crippen molar-refractivity contribution < 1.29 is 14.3 Å². The third-order valence-corrected chi connectivity index (χ3v) is 5.65.